The van der Waals surface area contributed by atoms with Gasteiger partial charge in [0, 0.05) is 31.9 Å². The van der Waals surface area contributed by atoms with E-state index in [-0.39, 0.29) is 11.8 Å². The first-order valence-electron chi connectivity index (χ1n) is 5.27. The lowest BCUT2D eigenvalue weighted by Gasteiger charge is -2.16. The van der Waals surface area contributed by atoms with Crippen LogP contribution in [-0.2, 0) is 11.3 Å². The highest BCUT2D eigenvalue weighted by molar-refractivity contribution is 5.79. The standard InChI is InChI=1S/C12H13N3O/c1-9-2-3-14-6-11(9)8-15-7-10(5-13)4-12(15)16/h2-3,6,10H,4,7-8H2,1H3. The molecule has 1 saturated heterocycles. The predicted molar refractivity (Wildman–Crippen MR) is 58.1 cm³/mol. The predicted octanol–water partition coefficient (Wildman–Crippen LogP) is 1.26. The first kappa shape index (κ1) is 10.6. The van der Waals surface area contributed by atoms with E-state index in [0.717, 1.165) is 11.1 Å². The average Bonchev–Trinajstić information content (AvgIpc) is 2.63. The van der Waals surface area contributed by atoms with Gasteiger partial charge in [0.25, 0.3) is 0 Å². The van der Waals surface area contributed by atoms with E-state index in [1.807, 2.05) is 13.0 Å². The van der Waals surface area contributed by atoms with Crippen LogP contribution in [0.2, 0.25) is 0 Å². The van der Waals surface area contributed by atoms with E-state index in [1.165, 1.54) is 0 Å². The van der Waals surface area contributed by atoms with Crippen molar-refractivity contribution in [3.05, 3.63) is 29.6 Å². The minimum absolute atomic E-state index is 0.0646. The minimum Gasteiger partial charge on any atom is -0.337 e. The summed E-state index contributed by atoms with van der Waals surface area (Å²) in [4.78, 5) is 17.4. The lowest BCUT2D eigenvalue weighted by Crippen LogP contribution is -2.24. The van der Waals surface area contributed by atoms with Gasteiger partial charge < -0.3 is 4.90 Å². The zero-order chi connectivity index (χ0) is 11.5. The van der Waals surface area contributed by atoms with Gasteiger partial charge in [0.1, 0.15) is 0 Å². The molecule has 2 heterocycles. The number of amides is 1. The summed E-state index contributed by atoms with van der Waals surface area (Å²) in [5.74, 6) is -0.0840. The fraction of sp³-hybridized carbons (Fsp3) is 0.417. The van der Waals surface area contributed by atoms with Gasteiger partial charge in [-0.1, -0.05) is 0 Å². The zero-order valence-corrected chi connectivity index (χ0v) is 9.18. The number of likely N-dealkylation sites (tertiary alicyclic amines) is 1. The van der Waals surface area contributed by atoms with Crippen LogP contribution in [0.1, 0.15) is 17.5 Å². The van der Waals surface area contributed by atoms with Gasteiger partial charge in [-0.25, -0.2) is 0 Å². The van der Waals surface area contributed by atoms with Crippen molar-refractivity contribution in [3.63, 3.8) is 0 Å². The van der Waals surface area contributed by atoms with Crippen LogP contribution in [0.3, 0.4) is 0 Å². The largest absolute Gasteiger partial charge is 0.337 e. The van der Waals surface area contributed by atoms with Gasteiger partial charge in [0.05, 0.1) is 12.0 Å². The Morgan fingerprint density at radius 1 is 1.69 bits per heavy atom. The molecule has 0 N–H and O–H groups in total. The Balaban J connectivity index is 2.09. The van der Waals surface area contributed by atoms with Crippen molar-refractivity contribution in [2.75, 3.05) is 6.54 Å². The number of carbonyl (C=O) groups is 1. The van der Waals surface area contributed by atoms with Crippen molar-refractivity contribution in [1.29, 1.82) is 5.26 Å². The molecule has 1 aromatic rings. The van der Waals surface area contributed by atoms with Crippen molar-refractivity contribution in [1.82, 2.24) is 9.88 Å². The third-order valence-corrected chi connectivity index (χ3v) is 2.91. The summed E-state index contributed by atoms with van der Waals surface area (Å²) >= 11 is 0. The molecule has 1 aliphatic heterocycles. The smallest absolute Gasteiger partial charge is 0.224 e. The summed E-state index contributed by atoms with van der Waals surface area (Å²) in [6.45, 7) is 3.11. The first-order valence-corrected chi connectivity index (χ1v) is 5.27. The molecule has 0 aliphatic carbocycles. The van der Waals surface area contributed by atoms with Crippen LogP contribution in [0.25, 0.3) is 0 Å². The highest BCUT2D eigenvalue weighted by atomic mass is 16.2. The molecule has 1 unspecified atom stereocenters. The highest BCUT2D eigenvalue weighted by Gasteiger charge is 2.29. The van der Waals surface area contributed by atoms with Crippen molar-refractivity contribution in [2.45, 2.75) is 19.9 Å². The average molecular weight is 215 g/mol. The Morgan fingerprint density at radius 2 is 2.50 bits per heavy atom. The monoisotopic (exact) mass is 215 g/mol. The van der Waals surface area contributed by atoms with Gasteiger partial charge >= 0.3 is 0 Å². The lowest BCUT2D eigenvalue weighted by atomic mass is 10.1. The molecule has 16 heavy (non-hydrogen) atoms. The number of hydrogen-bond acceptors (Lipinski definition) is 3. The maximum atomic E-state index is 11.6. The molecule has 1 amide bonds. The van der Waals surface area contributed by atoms with E-state index in [0.29, 0.717) is 19.5 Å². The molecular formula is C12H13N3O. The molecule has 82 valence electrons. The number of rotatable bonds is 2. The van der Waals surface area contributed by atoms with Crippen LogP contribution in [0, 0.1) is 24.2 Å². The molecule has 1 aliphatic rings. The Bertz CT molecular complexity index is 450. The molecule has 0 aromatic carbocycles. The van der Waals surface area contributed by atoms with E-state index in [9.17, 15) is 4.79 Å². The molecule has 1 aromatic heterocycles. The molecule has 4 nitrogen and oxygen atoms in total. The Labute approximate surface area is 94.5 Å². The van der Waals surface area contributed by atoms with Gasteiger partial charge in [-0.05, 0) is 24.1 Å². The van der Waals surface area contributed by atoms with Gasteiger partial charge in [-0.3, -0.25) is 9.78 Å². The molecule has 2 rings (SSSR count). The molecule has 1 fully saturated rings. The van der Waals surface area contributed by atoms with Crippen LogP contribution in [0.4, 0.5) is 0 Å². The molecule has 0 spiro atoms. The second-order valence-corrected chi connectivity index (χ2v) is 4.11. The maximum Gasteiger partial charge on any atom is 0.224 e. The number of carbonyl (C=O) groups excluding carboxylic acids is 1. The van der Waals surface area contributed by atoms with Crippen molar-refractivity contribution < 1.29 is 4.79 Å². The summed E-state index contributed by atoms with van der Waals surface area (Å²) in [7, 11) is 0. The van der Waals surface area contributed by atoms with Crippen LogP contribution < -0.4 is 0 Å². The van der Waals surface area contributed by atoms with Crippen LogP contribution in [0.15, 0.2) is 18.5 Å². The Kier molecular flexibility index (Phi) is 2.86. The highest BCUT2D eigenvalue weighted by Crippen LogP contribution is 2.20. The number of nitrogens with zero attached hydrogens (tertiary/aromatic N) is 3. The van der Waals surface area contributed by atoms with Crippen LogP contribution in [0.5, 0.6) is 0 Å². The summed E-state index contributed by atoms with van der Waals surface area (Å²) in [6, 6.07) is 4.07. The molecule has 0 radical (unpaired) electrons. The lowest BCUT2D eigenvalue weighted by molar-refractivity contribution is -0.128. The van der Waals surface area contributed by atoms with E-state index in [1.54, 1.807) is 17.3 Å². The van der Waals surface area contributed by atoms with Gasteiger partial charge in [-0.2, -0.15) is 5.26 Å². The van der Waals surface area contributed by atoms with E-state index < -0.39 is 0 Å². The second kappa shape index (κ2) is 4.31. The fourth-order valence-electron chi connectivity index (χ4n) is 1.88. The van der Waals surface area contributed by atoms with E-state index in [2.05, 4.69) is 11.1 Å². The van der Waals surface area contributed by atoms with Gasteiger partial charge in [-0.15, -0.1) is 0 Å². The van der Waals surface area contributed by atoms with Crippen molar-refractivity contribution in [2.24, 2.45) is 5.92 Å². The minimum atomic E-state index is -0.149. The molecule has 1 atom stereocenters. The summed E-state index contributed by atoms with van der Waals surface area (Å²) in [5, 5.41) is 8.78. The summed E-state index contributed by atoms with van der Waals surface area (Å²) in [6.07, 6.45) is 3.88. The van der Waals surface area contributed by atoms with Crippen molar-refractivity contribution >= 4 is 5.91 Å². The Hall–Kier alpha value is -1.89. The first-order chi connectivity index (χ1) is 7.70. The van der Waals surface area contributed by atoms with Crippen LogP contribution in [-0.4, -0.2) is 22.3 Å². The normalized spacial score (nSPS) is 19.9. The fourth-order valence-corrected chi connectivity index (χ4v) is 1.88. The second-order valence-electron chi connectivity index (χ2n) is 4.11. The number of nitriles is 1. The SMILES string of the molecule is Cc1ccncc1CN1CC(C#N)CC1=O. The third kappa shape index (κ3) is 2.03. The van der Waals surface area contributed by atoms with E-state index in [4.69, 9.17) is 5.26 Å². The maximum absolute atomic E-state index is 11.6. The molecule has 4 heteroatoms. The van der Waals surface area contributed by atoms with Gasteiger partial charge in [0.2, 0.25) is 5.91 Å². The number of hydrogen-bond donors (Lipinski definition) is 0. The van der Waals surface area contributed by atoms with E-state index >= 15 is 0 Å². The zero-order valence-electron chi connectivity index (χ0n) is 9.18. The van der Waals surface area contributed by atoms with Gasteiger partial charge in [0.15, 0.2) is 0 Å². The molecule has 0 bridgehead atoms. The Morgan fingerprint density at radius 3 is 3.12 bits per heavy atom. The third-order valence-electron chi connectivity index (χ3n) is 2.91. The number of aryl methyl sites for hydroxylation is 1. The molecule has 0 saturated carbocycles. The van der Waals surface area contributed by atoms with Crippen molar-refractivity contribution in [3.8, 4) is 6.07 Å². The topological polar surface area (TPSA) is 57.0 Å². The number of aromatic nitrogens is 1. The quantitative estimate of drug-likeness (QED) is 0.746. The van der Waals surface area contributed by atoms with Crippen LogP contribution >= 0.6 is 0 Å². The summed E-state index contributed by atoms with van der Waals surface area (Å²) < 4.78 is 0. The summed E-state index contributed by atoms with van der Waals surface area (Å²) in [5.41, 5.74) is 2.18. The molecular weight excluding hydrogens is 202 g/mol. The number of pyridine rings is 1.